The van der Waals surface area contributed by atoms with E-state index in [-0.39, 0.29) is 29.6 Å². The molecule has 0 amide bonds. The summed E-state index contributed by atoms with van der Waals surface area (Å²) in [5, 5.41) is 10.2. The molecule has 0 bridgehead atoms. The van der Waals surface area contributed by atoms with Crippen LogP contribution in [0.2, 0.25) is 0 Å². The van der Waals surface area contributed by atoms with Crippen molar-refractivity contribution in [2.75, 3.05) is 18.8 Å². The number of aryl methyl sites for hydroxylation is 1. The molecule has 0 spiro atoms. The maximum absolute atomic E-state index is 12.7. The van der Waals surface area contributed by atoms with Crippen molar-refractivity contribution < 1.29 is 13.5 Å². The lowest BCUT2D eigenvalue weighted by Crippen LogP contribution is -2.65. The molecule has 2 rings (SSSR count). The molecule has 112 valence electrons. The maximum Gasteiger partial charge on any atom is 0.245 e. The molecule has 3 N–H and O–H groups in total. The standard InChI is InChI=1S/C14H22N2O3S/c1-9(2)14(17)7-16(8-14)20(18,19)13-11(4)10(3)5-6-12(13)15/h5-6,9,17H,7-8,15H2,1-4H3. The van der Waals surface area contributed by atoms with E-state index < -0.39 is 15.6 Å². The third kappa shape index (κ3) is 2.21. The van der Waals surface area contributed by atoms with Gasteiger partial charge in [0.25, 0.3) is 0 Å². The van der Waals surface area contributed by atoms with Gasteiger partial charge in [0, 0.05) is 13.1 Å². The van der Waals surface area contributed by atoms with E-state index >= 15 is 0 Å². The molecular weight excluding hydrogens is 276 g/mol. The van der Waals surface area contributed by atoms with Gasteiger partial charge in [-0.25, -0.2) is 8.42 Å². The Kier molecular flexibility index (Phi) is 3.60. The molecule has 5 nitrogen and oxygen atoms in total. The molecule has 0 saturated carbocycles. The highest BCUT2D eigenvalue weighted by Crippen LogP contribution is 2.36. The lowest BCUT2D eigenvalue weighted by atomic mass is 9.85. The molecule has 20 heavy (non-hydrogen) atoms. The van der Waals surface area contributed by atoms with E-state index in [1.807, 2.05) is 26.8 Å². The summed E-state index contributed by atoms with van der Waals surface area (Å²) >= 11 is 0. The van der Waals surface area contributed by atoms with Crippen LogP contribution in [0.5, 0.6) is 0 Å². The van der Waals surface area contributed by atoms with Gasteiger partial charge in [-0.1, -0.05) is 19.9 Å². The van der Waals surface area contributed by atoms with Crippen LogP contribution in [0.1, 0.15) is 25.0 Å². The van der Waals surface area contributed by atoms with Gasteiger partial charge in [0.2, 0.25) is 10.0 Å². The van der Waals surface area contributed by atoms with E-state index in [1.165, 1.54) is 4.31 Å². The second kappa shape index (κ2) is 4.72. The summed E-state index contributed by atoms with van der Waals surface area (Å²) in [5.41, 5.74) is 6.74. The van der Waals surface area contributed by atoms with Gasteiger partial charge in [-0.3, -0.25) is 0 Å². The third-order valence-corrected chi connectivity index (χ3v) is 6.28. The van der Waals surface area contributed by atoms with E-state index in [2.05, 4.69) is 0 Å². The highest BCUT2D eigenvalue weighted by molar-refractivity contribution is 7.89. The SMILES string of the molecule is Cc1ccc(N)c(S(=O)(=O)N2CC(O)(C(C)C)C2)c1C. The highest BCUT2D eigenvalue weighted by atomic mass is 32.2. The number of β-amino-alcohol motifs (C(OH)–C–C–N with tert-alkyl or cyclic N) is 1. The molecular formula is C14H22N2O3S. The first kappa shape index (κ1) is 15.3. The second-order valence-corrected chi connectivity index (χ2v) is 7.83. The van der Waals surface area contributed by atoms with Gasteiger partial charge in [0.15, 0.2) is 0 Å². The molecule has 0 aromatic heterocycles. The summed E-state index contributed by atoms with van der Waals surface area (Å²) in [7, 11) is -3.64. The maximum atomic E-state index is 12.7. The van der Waals surface area contributed by atoms with E-state index in [4.69, 9.17) is 5.73 Å². The van der Waals surface area contributed by atoms with E-state index in [9.17, 15) is 13.5 Å². The first-order valence-electron chi connectivity index (χ1n) is 6.68. The fourth-order valence-corrected chi connectivity index (χ4v) is 4.34. The molecule has 0 atom stereocenters. The summed E-state index contributed by atoms with van der Waals surface area (Å²) in [6.07, 6.45) is 0. The minimum atomic E-state index is -3.64. The van der Waals surface area contributed by atoms with Gasteiger partial charge in [0.05, 0.1) is 11.3 Å². The third-order valence-electron chi connectivity index (χ3n) is 4.28. The number of nitrogen functional groups attached to an aromatic ring is 1. The molecule has 1 aliphatic rings. The smallest absolute Gasteiger partial charge is 0.245 e. The molecule has 1 heterocycles. The molecule has 0 radical (unpaired) electrons. The van der Waals surface area contributed by atoms with Crippen LogP contribution >= 0.6 is 0 Å². The van der Waals surface area contributed by atoms with Crippen LogP contribution in [0.15, 0.2) is 17.0 Å². The van der Waals surface area contributed by atoms with Crippen LogP contribution in [-0.2, 0) is 10.0 Å². The predicted octanol–water partition coefficient (Wildman–Crippen LogP) is 1.28. The average molecular weight is 298 g/mol. The van der Waals surface area contributed by atoms with Crippen molar-refractivity contribution in [3.05, 3.63) is 23.3 Å². The zero-order chi connectivity index (χ0) is 15.3. The van der Waals surface area contributed by atoms with E-state index in [0.29, 0.717) is 5.56 Å². The number of hydrogen-bond donors (Lipinski definition) is 2. The molecule has 1 aliphatic heterocycles. The van der Waals surface area contributed by atoms with Crippen molar-refractivity contribution in [1.82, 2.24) is 4.31 Å². The molecule has 1 saturated heterocycles. The van der Waals surface area contributed by atoms with Gasteiger partial charge in [-0.05, 0) is 37.0 Å². The Morgan fingerprint density at radius 3 is 2.35 bits per heavy atom. The van der Waals surface area contributed by atoms with Crippen molar-refractivity contribution >= 4 is 15.7 Å². The van der Waals surface area contributed by atoms with Crippen LogP contribution in [0.3, 0.4) is 0 Å². The molecule has 6 heteroatoms. The van der Waals surface area contributed by atoms with Crippen molar-refractivity contribution in [2.45, 2.75) is 38.2 Å². The summed E-state index contributed by atoms with van der Waals surface area (Å²) in [4.78, 5) is 0.170. The van der Waals surface area contributed by atoms with Crippen LogP contribution in [0.25, 0.3) is 0 Å². The number of hydrogen-bond acceptors (Lipinski definition) is 4. The fourth-order valence-electron chi connectivity index (χ4n) is 2.38. The number of benzene rings is 1. The Labute approximate surface area is 120 Å². The molecule has 1 aromatic carbocycles. The normalized spacial score (nSPS) is 19.1. The van der Waals surface area contributed by atoms with Crippen molar-refractivity contribution in [1.29, 1.82) is 0 Å². The predicted molar refractivity (Wildman–Crippen MR) is 78.9 cm³/mol. The number of rotatable bonds is 3. The number of nitrogens with two attached hydrogens (primary N) is 1. The van der Waals surface area contributed by atoms with Gasteiger partial charge >= 0.3 is 0 Å². The Balaban J connectivity index is 2.38. The van der Waals surface area contributed by atoms with Crippen molar-refractivity contribution in [2.24, 2.45) is 5.92 Å². The largest absolute Gasteiger partial charge is 0.398 e. The number of nitrogens with zero attached hydrogens (tertiary/aromatic N) is 1. The summed E-state index contributed by atoms with van der Waals surface area (Å²) in [6.45, 7) is 7.63. The summed E-state index contributed by atoms with van der Waals surface area (Å²) in [5.74, 6) is 0.0184. The molecule has 1 fully saturated rings. The topological polar surface area (TPSA) is 83.6 Å². The lowest BCUT2D eigenvalue weighted by molar-refractivity contribution is -0.0932. The van der Waals surface area contributed by atoms with Gasteiger partial charge < -0.3 is 10.8 Å². The van der Waals surface area contributed by atoms with Crippen LogP contribution in [0, 0.1) is 19.8 Å². The van der Waals surface area contributed by atoms with Gasteiger partial charge in [0.1, 0.15) is 4.90 Å². The van der Waals surface area contributed by atoms with Crippen molar-refractivity contribution in [3.8, 4) is 0 Å². The minimum Gasteiger partial charge on any atom is -0.398 e. The Hall–Kier alpha value is -1.11. The summed E-state index contributed by atoms with van der Waals surface area (Å²) < 4.78 is 26.6. The highest BCUT2D eigenvalue weighted by Gasteiger charge is 2.49. The molecule has 1 aromatic rings. The fraction of sp³-hybridized carbons (Fsp3) is 0.571. The van der Waals surface area contributed by atoms with Crippen LogP contribution in [0.4, 0.5) is 5.69 Å². The molecule has 0 unspecified atom stereocenters. The van der Waals surface area contributed by atoms with Crippen molar-refractivity contribution in [3.63, 3.8) is 0 Å². The second-order valence-electron chi connectivity index (χ2n) is 5.96. The lowest BCUT2D eigenvalue weighted by Gasteiger charge is -2.48. The minimum absolute atomic E-state index is 0.0184. The Morgan fingerprint density at radius 2 is 1.85 bits per heavy atom. The van der Waals surface area contributed by atoms with Crippen LogP contribution < -0.4 is 5.73 Å². The monoisotopic (exact) mass is 298 g/mol. The number of sulfonamides is 1. The summed E-state index contributed by atoms with van der Waals surface area (Å²) in [6, 6.07) is 3.42. The van der Waals surface area contributed by atoms with Gasteiger partial charge in [-0.15, -0.1) is 0 Å². The van der Waals surface area contributed by atoms with Crippen LogP contribution in [-0.4, -0.2) is 36.5 Å². The average Bonchev–Trinajstić information content (AvgIpc) is 2.29. The van der Waals surface area contributed by atoms with E-state index in [0.717, 1.165) is 5.56 Å². The zero-order valence-corrected chi connectivity index (χ0v) is 13.2. The molecule has 0 aliphatic carbocycles. The quantitative estimate of drug-likeness (QED) is 0.823. The van der Waals surface area contributed by atoms with Gasteiger partial charge in [-0.2, -0.15) is 4.31 Å². The van der Waals surface area contributed by atoms with E-state index in [1.54, 1.807) is 13.0 Å². The first-order valence-corrected chi connectivity index (χ1v) is 8.12. The number of aliphatic hydroxyl groups is 1. The number of anilines is 1. The first-order chi connectivity index (χ1) is 9.09. The zero-order valence-electron chi connectivity index (χ0n) is 12.3. The Bertz CT molecular complexity index is 632. The Morgan fingerprint density at radius 1 is 1.30 bits per heavy atom.